The molecule has 0 saturated heterocycles. The van der Waals surface area contributed by atoms with E-state index in [4.69, 9.17) is 14.5 Å². The molecule has 1 aliphatic heterocycles. The van der Waals surface area contributed by atoms with Crippen LogP contribution in [-0.4, -0.2) is 24.4 Å². The van der Waals surface area contributed by atoms with Gasteiger partial charge in [-0.1, -0.05) is 62.3 Å². The molecule has 1 unspecified atom stereocenters. The molecule has 0 spiro atoms. The third-order valence-electron chi connectivity index (χ3n) is 9.23. The Bertz CT molecular complexity index is 1450. The molecule has 6 nitrogen and oxygen atoms in total. The van der Waals surface area contributed by atoms with Crippen molar-refractivity contribution < 1.29 is 9.09 Å². The Kier molecular flexibility index (Phi) is 4.59. The zero-order valence-electron chi connectivity index (χ0n) is 23.3. The summed E-state index contributed by atoms with van der Waals surface area (Å²) >= 11 is 0. The average molecular weight is 495 g/mol. The minimum absolute atomic E-state index is 0.0277. The van der Waals surface area contributed by atoms with Crippen molar-refractivity contribution in [3.05, 3.63) is 35.3 Å². The Morgan fingerprint density at radius 2 is 1.46 bits per heavy atom. The Hall–Kier alpha value is -2.20. The lowest BCUT2D eigenvalue weighted by atomic mass is 9.59. The van der Waals surface area contributed by atoms with E-state index in [2.05, 4.69) is 79.4 Å². The molecule has 3 heterocycles. The van der Waals surface area contributed by atoms with Crippen LogP contribution in [0, 0.1) is 5.41 Å². The van der Waals surface area contributed by atoms with Gasteiger partial charge < -0.3 is 4.52 Å². The zero-order valence-corrected chi connectivity index (χ0v) is 24.2. The lowest BCUT2D eigenvalue weighted by Gasteiger charge is -2.44. The minimum atomic E-state index is -3.46. The molecule has 3 aromatic rings. The van der Waals surface area contributed by atoms with E-state index in [1.165, 1.54) is 11.1 Å². The van der Waals surface area contributed by atoms with Gasteiger partial charge in [0.1, 0.15) is 5.82 Å². The quantitative estimate of drug-likeness (QED) is 0.301. The summed E-state index contributed by atoms with van der Waals surface area (Å²) in [7, 11) is -3.46. The predicted octanol–water partition coefficient (Wildman–Crippen LogP) is 7.62. The van der Waals surface area contributed by atoms with Crippen molar-refractivity contribution >= 4 is 18.6 Å². The lowest BCUT2D eigenvalue weighted by Crippen LogP contribution is -2.42. The molecule has 0 radical (unpaired) electrons. The lowest BCUT2D eigenvalue weighted by molar-refractivity contribution is 0.125. The maximum atomic E-state index is 14.8. The van der Waals surface area contributed by atoms with Crippen molar-refractivity contribution in [2.45, 2.75) is 104 Å². The van der Waals surface area contributed by atoms with Gasteiger partial charge in [-0.05, 0) is 60.3 Å². The second-order valence-corrected chi connectivity index (χ2v) is 16.9. The summed E-state index contributed by atoms with van der Waals surface area (Å²) < 4.78 is 23.1. The number of hydrogen-bond acceptors (Lipinski definition) is 5. The number of hydrogen-bond donors (Lipinski definition) is 0. The summed E-state index contributed by atoms with van der Waals surface area (Å²) in [6.45, 7) is 26.0. The Balaban J connectivity index is 1.88. The highest BCUT2D eigenvalue weighted by atomic mass is 31.2. The number of imidazole rings is 1. The van der Waals surface area contributed by atoms with E-state index in [1.54, 1.807) is 6.20 Å². The van der Waals surface area contributed by atoms with Crippen molar-refractivity contribution in [2.24, 2.45) is 5.41 Å². The standard InChI is InChI=1S/C28H39N4O2P/c1-24(2,3)23-29-15-16-21-30-19-13-17-18(27(9,10)28(11,12)26(17,7)8)14-20(19)32(21)35(33,25(4,5)6)34-22(16)31-23/h13-15H,1-12H3. The SMILES string of the molecule is CC(C)(C)c1ncc2c(n1)OP(=O)(C(C)(C)C)n1c-2nc2cc3c(cc21)C(C)(C)C(C)(C)C3(C)C. The molecule has 0 saturated carbocycles. The number of nitrogens with zero attached hydrogens (tertiary/aromatic N) is 4. The van der Waals surface area contributed by atoms with Gasteiger partial charge in [0.05, 0.1) is 21.8 Å². The van der Waals surface area contributed by atoms with Crippen molar-refractivity contribution in [1.29, 1.82) is 0 Å². The van der Waals surface area contributed by atoms with Gasteiger partial charge in [-0.3, -0.25) is 4.57 Å². The van der Waals surface area contributed by atoms with Gasteiger partial charge in [0, 0.05) is 11.6 Å². The summed E-state index contributed by atoms with van der Waals surface area (Å²) in [5.74, 6) is 1.64. The smallest absolute Gasteiger partial charge is 0.355 e. The number of aromatic nitrogens is 4. The molecule has 35 heavy (non-hydrogen) atoms. The Morgan fingerprint density at radius 3 is 2.00 bits per heavy atom. The van der Waals surface area contributed by atoms with Crippen LogP contribution < -0.4 is 4.52 Å². The van der Waals surface area contributed by atoms with Gasteiger partial charge in [0.15, 0.2) is 5.82 Å². The molecule has 188 valence electrons. The first kappa shape index (κ1) is 24.5. The second kappa shape index (κ2) is 6.56. The molecule has 2 aliphatic rings. The summed E-state index contributed by atoms with van der Waals surface area (Å²) in [6, 6.07) is 4.43. The molecule has 2 aromatic heterocycles. The van der Waals surface area contributed by atoms with Crippen LogP contribution in [0.2, 0.25) is 0 Å². The molecule has 1 atom stereocenters. The van der Waals surface area contributed by atoms with Gasteiger partial charge >= 0.3 is 7.52 Å². The summed E-state index contributed by atoms with van der Waals surface area (Å²) in [4.78, 5) is 14.4. The minimum Gasteiger partial charge on any atom is -0.409 e. The van der Waals surface area contributed by atoms with Crippen LogP contribution in [0.4, 0.5) is 0 Å². The first-order chi connectivity index (χ1) is 15.7. The molecule has 0 bridgehead atoms. The number of rotatable bonds is 0. The summed E-state index contributed by atoms with van der Waals surface area (Å²) in [5.41, 5.74) is 4.61. The first-order valence-electron chi connectivity index (χ1n) is 12.5. The molecule has 0 amide bonds. The Labute approximate surface area is 209 Å². The maximum Gasteiger partial charge on any atom is 0.355 e. The van der Waals surface area contributed by atoms with E-state index in [9.17, 15) is 4.57 Å². The fourth-order valence-corrected chi connectivity index (χ4v) is 7.76. The van der Waals surface area contributed by atoms with Crippen LogP contribution in [0.15, 0.2) is 18.3 Å². The summed E-state index contributed by atoms with van der Waals surface area (Å²) in [6.07, 6.45) is 1.78. The summed E-state index contributed by atoms with van der Waals surface area (Å²) in [5, 5.41) is -0.660. The van der Waals surface area contributed by atoms with Crippen LogP contribution in [0.5, 0.6) is 5.88 Å². The van der Waals surface area contributed by atoms with E-state index in [-0.39, 0.29) is 21.7 Å². The molecule has 1 aromatic carbocycles. The highest BCUT2D eigenvalue weighted by Gasteiger charge is 2.57. The largest absolute Gasteiger partial charge is 0.409 e. The van der Waals surface area contributed by atoms with Gasteiger partial charge in [0.25, 0.3) is 0 Å². The normalized spacial score (nSPS) is 24.0. The van der Waals surface area contributed by atoms with Crippen molar-refractivity contribution in [3.63, 3.8) is 0 Å². The highest BCUT2D eigenvalue weighted by Crippen LogP contribution is 2.67. The molecular weight excluding hydrogens is 455 g/mol. The van der Waals surface area contributed by atoms with E-state index in [1.807, 2.05) is 25.1 Å². The van der Waals surface area contributed by atoms with Crippen LogP contribution in [-0.2, 0) is 20.8 Å². The van der Waals surface area contributed by atoms with E-state index in [0.29, 0.717) is 23.1 Å². The number of fused-ring (bicyclic) bond motifs is 6. The zero-order chi connectivity index (χ0) is 26.1. The van der Waals surface area contributed by atoms with Crippen LogP contribution in [0.3, 0.4) is 0 Å². The molecule has 0 fully saturated rings. The van der Waals surface area contributed by atoms with Gasteiger partial charge in [-0.25, -0.2) is 14.3 Å². The van der Waals surface area contributed by atoms with Gasteiger partial charge in [-0.15, -0.1) is 0 Å². The fraction of sp³-hybridized carbons (Fsp3) is 0.607. The second-order valence-electron chi connectivity index (χ2n) is 14.0. The maximum absolute atomic E-state index is 14.8. The van der Waals surface area contributed by atoms with E-state index < -0.39 is 12.7 Å². The van der Waals surface area contributed by atoms with Crippen LogP contribution >= 0.6 is 7.52 Å². The molecule has 0 N–H and O–H groups in total. The number of benzene rings is 1. The molecule has 7 heteroatoms. The predicted molar refractivity (Wildman–Crippen MR) is 143 cm³/mol. The van der Waals surface area contributed by atoms with Gasteiger partial charge in [-0.2, -0.15) is 4.98 Å². The fourth-order valence-electron chi connectivity index (χ4n) is 5.59. The third kappa shape index (κ3) is 2.89. The highest BCUT2D eigenvalue weighted by molar-refractivity contribution is 7.59. The van der Waals surface area contributed by atoms with Crippen molar-refractivity contribution in [2.75, 3.05) is 0 Å². The topological polar surface area (TPSA) is 69.9 Å². The molecule has 5 rings (SSSR count). The first-order valence-corrected chi connectivity index (χ1v) is 14.1. The Morgan fingerprint density at radius 1 is 0.886 bits per heavy atom. The average Bonchev–Trinajstić information content (AvgIpc) is 3.13. The third-order valence-corrected chi connectivity index (χ3v) is 12.3. The van der Waals surface area contributed by atoms with E-state index >= 15 is 0 Å². The van der Waals surface area contributed by atoms with Gasteiger partial charge in [0.2, 0.25) is 5.88 Å². The van der Waals surface area contributed by atoms with Crippen LogP contribution in [0.25, 0.3) is 22.4 Å². The van der Waals surface area contributed by atoms with Crippen molar-refractivity contribution in [3.8, 4) is 17.3 Å². The van der Waals surface area contributed by atoms with E-state index in [0.717, 1.165) is 11.0 Å². The molecular formula is C28H39N4O2P. The van der Waals surface area contributed by atoms with Crippen LogP contribution in [0.1, 0.15) is 100 Å². The monoisotopic (exact) mass is 494 g/mol. The van der Waals surface area contributed by atoms with Crippen molar-refractivity contribution in [1.82, 2.24) is 19.3 Å². The molecule has 1 aliphatic carbocycles.